The number of aryl methyl sites for hydroxylation is 1. The Labute approximate surface area is 158 Å². The summed E-state index contributed by atoms with van der Waals surface area (Å²) in [6, 6.07) is 12.2. The summed E-state index contributed by atoms with van der Waals surface area (Å²) in [6.45, 7) is 4.82. The number of benzene rings is 2. The number of Topliss-reactive ketones (excluding diaryl/α,β-unsaturated/α-hetero) is 1. The van der Waals surface area contributed by atoms with Crippen LogP contribution in [0.4, 0.5) is 5.69 Å². The highest BCUT2D eigenvalue weighted by atomic mass is 16.5. The van der Waals surface area contributed by atoms with Gasteiger partial charge in [-0.05, 0) is 39.0 Å². The van der Waals surface area contributed by atoms with E-state index in [-0.39, 0.29) is 12.2 Å². The van der Waals surface area contributed by atoms with Crippen LogP contribution in [0.15, 0.2) is 42.5 Å². The highest BCUT2D eigenvalue weighted by Crippen LogP contribution is 2.21. The molecule has 142 valence electrons. The number of rotatable bonds is 7. The molecule has 2 aromatic rings. The van der Waals surface area contributed by atoms with Gasteiger partial charge in [-0.2, -0.15) is 0 Å². The average molecular weight is 369 g/mol. The lowest BCUT2D eigenvalue weighted by molar-refractivity contribution is -0.152. The highest BCUT2D eigenvalue weighted by Gasteiger charge is 2.20. The van der Waals surface area contributed by atoms with E-state index in [4.69, 9.17) is 9.47 Å². The zero-order chi connectivity index (χ0) is 20.0. The molecule has 2 aromatic carbocycles. The molecule has 0 aromatic heterocycles. The summed E-state index contributed by atoms with van der Waals surface area (Å²) in [5.41, 5.74) is 2.47. The zero-order valence-corrected chi connectivity index (χ0v) is 15.9. The first-order chi connectivity index (χ1) is 12.8. The van der Waals surface area contributed by atoms with Crippen molar-refractivity contribution in [1.82, 2.24) is 0 Å². The maximum absolute atomic E-state index is 12.3. The molecule has 0 bridgehead atoms. The van der Waals surface area contributed by atoms with Crippen molar-refractivity contribution in [2.75, 3.05) is 12.4 Å². The van der Waals surface area contributed by atoms with Gasteiger partial charge in [0.15, 0.2) is 11.9 Å². The zero-order valence-electron chi connectivity index (χ0n) is 15.9. The summed E-state index contributed by atoms with van der Waals surface area (Å²) in [5, 5.41) is 2.63. The van der Waals surface area contributed by atoms with Gasteiger partial charge < -0.3 is 14.8 Å². The van der Waals surface area contributed by atoms with Gasteiger partial charge in [-0.3, -0.25) is 14.4 Å². The second-order valence-corrected chi connectivity index (χ2v) is 6.22. The van der Waals surface area contributed by atoms with Gasteiger partial charge in [0.1, 0.15) is 5.75 Å². The normalized spacial score (nSPS) is 11.4. The molecule has 0 aliphatic carbocycles. The van der Waals surface area contributed by atoms with Crippen molar-refractivity contribution < 1.29 is 23.9 Å². The van der Waals surface area contributed by atoms with Gasteiger partial charge in [-0.15, -0.1) is 0 Å². The fraction of sp³-hybridized carbons (Fsp3) is 0.286. The summed E-state index contributed by atoms with van der Waals surface area (Å²) < 4.78 is 10.5. The summed E-state index contributed by atoms with van der Waals surface area (Å²) >= 11 is 0. The summed E-state index contributed by atoms with van der Waals surface area (Å²) in [4.78, 5) is 36.2. The van der Waals surface area contributed by atoms with Crippen molar-refractivity contribution in [2.24, 2.45) is 0 Å². The molecule has 0 radical (unpaired) electrons. The lowest BCUT2D eigenvalue weighted by Gasteiger charge is -2.15. The first-order valence-corrected chi connectivity index (χ1v) is 8.55. The van der Waals surface area contributed by atoms with Crippen LogP contribution in [0, 0.1) is 6.92 Å². The van der Waals surface area contributed by atoms with Crippen LogP contribution in [0.2, 0.25) is 0 Å². The van der Waals surface area contributed by atoms with Gasteiger partial charge >= 0.3 is 5.97 Å². The smallest absolute Gasteiger partial charge is 0.311 e. The number of para-hydroxylation sites is 1. The molecule has 6 nitrogen and oxygen atoms in total. The van der Waals surface area contributed by atoms with E-state index in [0.29, 0.717) is 22.6 Å². The maximum atomic E-state index is 12.3. The Morgan fingerprint density at radius 1 is 1.11 bits per heavy atom. The maximum Gasteiger partial charge on any atom is 0.311 e. The Bertz CT molecular complexity index is 859. The number of carbonyl (C=O) groups excluding carboxylic acids is 3. The first kappa shape index (κ1) is 20.2. The minimum absolute atomic E-state index is 0.00743. The molecule has 1 N–H and O–H groups in total. The van der Waals surface area contributed by atoms with Crippen LogP contribution in [0.25, 0.3) is 0 Å². The van der Waals surface area contributed by atoms with Crippen molar-refractivity contribution in [3.63, 3.8) is 0 Å². The second kappa shape index (κ2) is 8.98. The number of methoxy groups -OCH3 is 1. The third-order valence-corrected chi connectivity index (χ3v) is 4.01. The van der Waals surface area contributed by atoms with E-state index < -0.39 is 18.0 Å². The lowest BCUT2D eigenvalue weighted by Crippen LogP contribution is -2.31. The SMILES string of the molecule is COc1ccc(C)cc1CC(=O)O[C@H](C)C(=O)Nc1ccccc1C(C)=O. The topological polar surface area (TPSA) is 81.7 Å². The van der Waals surface area contributed by atoms with Gasteiger partial charge in [-0.25, -0.2) is 0 Å². The van der Waals surface area contributed by atoms with Crippen LogP contribution in [0.3, 0.4) is 0 Å². The number of ketones is 1. The van der Waals surface area contributed by atoms with Crippen molar-refractivity contribution in [2.45, 2.75) is 33.3 Å². The Hall–Kier alpha value is -3.15. The van der Waals surface area contributed by atoms with E-state index in [2.05, 4.69) is 5.32 Å². The predicted molar refractivity (Wildman–Crippen MR) is 102 cm³/mol. The Kier molecular flexibility index (Phi) is 6.71. The molecule has 0 fully saturated rings. The number of hydrogen-bond acceptors (Lipinski definition) is 5. The van der Waals surface area contributed by atoms with E-state index in [1.807, 2.05) is 19.1 Å². The molecule has 6 heteroatoms. The standard InChI is InChI=1S/C21H23NO5/c1-13-9-10-19(26-4)16(11-13)12-20(24)27-15(3)21(25)22-18-8-6-5-7-17(18)14(2)23/h5-11,15H,12H2,1-4H3,(H,22,25)/t15-/m1/s1. The van der Waals surface area contributed by atoms with Crippen molar-refractivity contribution in [1.29, 1.82) is 0 Å². The average Bonchev–Trinajstić information content (AvgIpc) is 2.62. The second-order valence-electron chi connectivity index (χ2n) is 6.22. The van der Waals surface area contributed by atoms with Crippen molar-refractivity contribution >= 4 is 23.3 Å². The van der Waals surface area contributed by atoms with Crippen LogP contribution in [-0.4, -0.2) is 30.9 Å². The minimum atomic E-state index is -1.01. The molecule has 27 heavy (non-hydrogen) atoms. The molecule has 1 amide bonds. The first-order valence-electron chi connectivity index (χ1n) is 8.55. The van der Waals surface area contributed by atoms with E-state index >= 15 is 0 Å². The molecule has 0 saturated heterocycles. The number of nitrogens with one attached hydrogen (secondary N) is 1. The minimum Gasteiger partial charge on any atom is -0.496 e. The van der Waals surface area contributed by atoms with Crippen LogP contribution in [-0.2, 0) is 20.7 Å². The van der Waals surface area contributed by atoms with Gasteiger partial charge in [-0.1, -0.05) is 29.8 Å². The van der Waals surface area contributed by atoms with Crippen molar-refractivity contribution in [3.05, 3.63) is 59.2 Å². The van der Waals surface area contributed by atoms with Crippen LogP contribution >= 0.6 is 0 Å². The lowest BCUT2D eigenvalue weighted by atomic mass is 10.1. The van der Waals surface area contributed by atoms with Gasteiger partial charge in [0.05, 0.1) is 19.2 Å². The van der Waals surface area contributed by atoms with Crippen molar-refractivity contribution in [3.8, 4) is 5.75 Å². The summed E-state index contributed by atoms with van der Waals surface area (Å²) in [6.07, 6.45) is -1.01. The number of amides is 1. The Morgan fingerprint density at radius 2 is 1.81 bits per heavy atom. The molecule has 1 atom stereocenters. The fourth-order valence-corrected chi connectivity index (χ4v) is 2.63. The van der Waals surface area contributed by atoms with E-state index in [9.17, 15) is 14.4 Å². The Balaban J connectivity index is 2.01. The number of hydrogen-bond donors (Lipinski definition) is 1. The van der Waals surface area contributed by atoms with Gasteiger partial charge in [0, 0.05) is 11.1 Å². The molecule has 0 unspecified atom stereocenters. The van der Waals surface area contributed by atoms with Crippen LogP contribution < -0.4 is 10.1 Å². The molecule has 0 heterocycles. The predicted octanol–water partition coefficient (Wildman–Crippen LogP) is 3.32. The molecule has 0 saturated carbocycles. The molecule has 0 aliphatic heterocycles. The fourth-order valence-electron chi connectivity index (χ4n) is 2.63. The molecule has 0 aliphatic rings. The number of anilines is 1. The molecular weight excluding hydrogens is 346 g/mol. The summed E-state index contributed by atoms with van der Waals surface area (Å²) in [5.74, 6) is -0.623. The van der Waals surface area contributed by atoms with Crippen LogP contribution in [0.1, 0.15) is 35.3 Å². The molecule has 0 spiro atoms. The highest BCUT2D eigenvalue weighted by molar-refractivity contribution is 6.04. The van der Waals surface area contributed by atoms with Crippen LogP contribution in [0.5, 0.6) is 5.75 Å². The largest absolute Gasteiger partial charge is 0.496 e. The number of esters is 1. The molecular formula is C21H23NO5. The van der Waals surface area contributed by atoms with E-state index in [1.54, 1.807) is 30.3 Å². The quantitative estimate of drug-likeness (QED) is 0.598. The monoisotopic (exact) mass is 369 g/mol. The van der Waals surface area contributed by atoms with Gasteiger partial charge in [0.25, 0.3) is 5.91 Å². The third kappa shape index (κ3) is 5.41. The molecule has 2 rings (SSSR count). The number of carbonyl (C=O) groups is 3. The summed E-state index contributed by atoms with van der Waals surface area (Å²) in [7, 11) is 1.53. The van der Waals surface area contributed by atoms with Gasteiger partial charge in [0.2, 0.25) is 0 Å². The third-order valence-electron chi connectivity index (χ3n) is 4.01. The Morgan fingerprint density at radius 3 is 2.48 bits per heavy atom. The van der Waals surface area contributed by atoms with E-state index in [0.717, 1.165) is 5.56 Å². The van der Waals surface area contributed by atoms with E-state index in [1.165, 1.54) is 21.0 Å². The number of ether oxygens (including phenoxy) is 2.